The molecule has 0 N–H and O–H groups in total. The molecule has 0 radical (unpaired) electrons. The Morgan fingerprint density at radius 2 is 1.93 bits per heavy atom. The number of ether oxygens (including phenoxy) is 2. The second-order valence-corrected chi connectivity index (χ2v) is 6.82. The predicted molar refractivity (Wildman–Crippen MR) is 105 cm³/mol. The van der Waals surface area contributed by atoms with Crippen LogP contribution in [-0.4, -0.2) is 42.0 Å². The molecule has 140 valence electrons. The lowest BCUT2D eigenvalue weighted by Crippen LogP contribution is -2.28. The van der Waals surface area contributed by atoms with Gasteiger partial charge in [0, 0.05) is 24.2 Å². The van der Waals surface area contributed by atoms with E-state index in [1.165, 1.54) is 11.3 Å². The first-order chi connectivity index (χ1) is 13.1. The molecule has 1 aromatic carbocycles. The minimum Gasteiger partial charge on any atom is -0.493 e. The van der Waals surface area contributed by atoms with E-state index in [0.717, 1.165) is 22.0 Å². The lowest BCUT2D eigenvalue weighted by Gasteiger charge is -2.16. The van der Waals surface area contributed by atoms with Crippen molar-refractivity contribution in [3.8, 4) is 22.1 Å². The van der Waals surface area contributed by atoms with Gasteiger partial charge >= 0.3 is 0 Å². The van der Waals surface area contributed by atoms with Crippen molar-refractivity contribution in [2.24, 2.45) is 0 Å². The maximum absolute atomic E-state index is 12.5. The second-order valence-electron chi connectivity index (χ2n) is 5.96. The van der Waals surface area contributed by atoms with Gasteiger partial charge in [-0.25, -0.2) is 4.98 Å². The second kappa shape index (κ2) is 8.64. The molecule has 0 fully saturated rings. The number of thiazole rings is 1. The highest BCUT2D eigenvalue weighted by Gasteiger charge is 2.14. The third-order valence-electron chi connectivity index (χ3n) is 4.07. The SMILES string of the molecule is COc1ccc(-c2nc(CC(=O)N(C)Cc3ccccn3)cs2)cc1OC. The maximum Gasteiger partial charge on any atom is 0.228 e. The van der Waals surface area contributed by atoms with Crippen molar-refractivity contribution >= 4 is 17.2 Å². The molecule has 0 bridgehead atoms. The molecule has 0 atom stereocenters. The first-order valence-electron chi connectivity index (χ1n) is 8.41. The normalized spacial score (nSPS) is 10.5. The summed E-state index contributed by atoms with van der Waals surface area (Å²) in [6.45, 7) is 0.479. The van der Waals surface area contributed by atoms with Crippen molar-refractivity contribution in [3.05, 3.63) is 59.4 Å². The average Bonchev–Trinajstić information content (AvgIpc) is 3.16. The number of aromatic nitrogens is 2. The fourth-order valence-electron chi connectivity index (χ4n) is 2.60. The number of carbonyl (C=O) groups is 1. The van der Waals surface area contributed by atoms with E-state index in [-0.39, 0.29) is 12.3 Å². The van der Waals surface area contributed by atoms with E-state index in [2.05, 4.69) is 9.97 Å². The molecule has 3 aromatic rings. The summed E-state index contributed by atoms with van der Waals surface area (Å²) in [6, 6.07) is 11.3. The summed E-state index contributed by atoms with van der Waals surface area (Å²) in [5, 5.41) is 2.75. The van der Waals surface area contributed by atoms with Crippen molar-refractivity contribution in [3.63, 3.8) is 0 Å². The van der Waals surface area contributed by atoms with Gasteiger partial charge in [0.05, 0.1) is 38.6 Å². The fraction of sp³-hybridized carbons (Fsp3) is 0.250. The van der Waals surface area contributed by atoms with E-state index >= 15 is 0 Å². The van der Waals surface area contributed by atoms with E-state index in [9.17, 15) is 4.79 Å². The van der Waals surface area contributed by atoms with Crippen molar-refractivity contribution in [1.82, 2.24) is 14.9 Å². The summed E-state index contributed by atoms with van der Waals surface area (Å²) in [5.41, 5.74) is 2.54. The molecule has 0 unspecified atom stereocenters. The molecular weight excluding hydrogens is 362 g/mol. The Labute approximate surface area is 162 Å². The molecule has 7 heteroatoms. The maximum atomic E-state index is 12.5. The van der Waals surface area contributed by atoms with E-state index in [1.807, 2.05) is 41.8 Å². The Kier molecular flexibility index (Phi) is 6.03. The highest BCUT2D eigenvalue weighted by atomic mass is 32.1. The third-order valence-corrected chi connectivity index (χ3v) is 5.01. The Balaban J connectivity index is 1.68. The number of nitrogens with zero attached hydrogens (tertiary/aromatic N) is 3. The highest BCUT2D eigenvalue weighted by Crippen LogP contribution is 2.33. The monoisotopic (exact) mass is 383 g/mol. The van der Waals surface area contributed by atoms with Gasteiger partial charge in [-0.3, -0.25) is 9.78 Å². The van der Waals surface area contributed by atoms with E-state index in [1.54, 1.807) is 32.4 Å². The number of methoxy groups -OCH3 is 2. The van der Waals surface area contributed by atoms with Gasteiger partial charge in [-0.15, -0.1) is 11.3 Å². The van der Waals surface area contributed by atoms with Gasteiger partial charge < -0.3 is 14.4 Å². The van der Waals surface area contributed by atoms with E-state index in [4.69, 9.17) is 9.47 Å². The largest absolute Gasteiger partial charge is 0.493 e. The Bertz CT molecular complexity index is 912. The van der Waals surface area contributed by atoms with Gasteiger partial charge in [0.15, 0.2) is 11.5 Å². The van der Waals surface area contributed by atoms with Crippen LogP contribution in [0.4, 0.5) is 0 Å². The highest BCUT2D eigenvalue weighted by molar-refractivity contribution is 7.13. The smallest absolute Gasteiger partial charge is 0.228 e. The number of pyridine rings is 1. The number of likely N-dealkylation sites (N-methyl/N-ethyl adjacent to an activating group) is 1. The quantitative estimate of drug-likeness (QED) is 0.625. The van der Waals surface area contributed by atoms with Crippen molar-refractivity contribution in [1.29, 1.82) is 0 Å². The summed E-state index contributed by atoms with van der Waals surface area (Å²) < 4.78 is 10.6. The van der Waals surface area contributed by atoms with Crippen LogP contribution in [0.5, 0.6) is 11.5 Å². The lowest BCUT2D eigenvalue weighted by atomic mass is 10.2. The Hall–Kier alpha value is -2.93. The Morgan fingerprint density at radius 1 is 1.11 bits per heavy atom. The van der Waals surface area contributed by atoms with Gasteiger partial charge in [0.1, 0.15) is 5.01 Å². The molecule has 1 amide bonds. The molecule has 0 aliphatic rings. The van der Waals surface area contributed by atoms with E-state index in [0.29, 0.717) is 18.0 Å². The van der Waals surface area contributed by atoms with Gasteiger partial charge in [-0.2, -0.15) is 0 Å². The van der Waals surface area contributed by atoms with Crippen LogP contribution in [0, 0.1) is 0 Å². The van der Waals surface area contributed by atoms with Crippen molar-refractivity contribution in [2.45, 2.75) is 13.0 Å². The van der Waals surface area contributed by atoms with Crippen LogP contribution in [0.15, 0.2) is 48.0 Å². The Morgan fingerprint density at radius 3 is 2.63 bits per heavy atom. The minimum absolute atomic E-state index is 0.00446. The number of hydrogen-bond acceptors (Lipinski definition) is 6. The summed E-state index contributed by atoms with van der Waals surface area (Å²) >= 11 is 1.50. The van der Waals surface area contributed by atoms with Gasteiger partial charge in [-0.1, -0.05) is 6.07 Å². The first kappa shape index (κ1) is 18.8. The van der Waals surface area contributed by atoms with Crippen LogP contribution in [0.3, 0.4) is 0 Å². The van der Waals surface area contributed by atoms with Crippen LogP contribution < -0.4 is 9.47 Å². The summed E-state index contributed by atoms with van der Waals surface area (Å²) in [7, 11) is 4.98. The number of rotatable bonds is 7. The molecule has 0 spiro atoms. The lowest BCUT2D eigenvalue weighted by molar-refractivity contribution is -0.129. The molecular formula is C20H21N3O3S. The first-order valence-corrected chi connectivity index (χ1v) is 9.29. The average molecular weight is 383 g/mol. The minimum atomic E-state index is 0.00446. The van der Waals surface area contributed by atoms with Crippen LogP contribution in [0.2, 0.25) is 0 Å². The fourth-order valence-corrected chi connectivity index (χ4v) is 3.42. The molecule has 2 heterocycles. The molecule has 0 saturated carbocycles. The van der Waals surface area contributed by atoms with Crippen LogP contribution in [-0.2, 0) is 17.8 Å². The van der Waals surface area contributed by atoms with Gasteiger partial charge in [0.25, 0.3) is 0 Å². The number of benzene rings is 1. The summed E-state index contributed by atoms with van der Waals surface area (Å²) in [4.78, 5) is 23.0. The molecule has 0 saturated heterocycles. The molecule has 0 aliphatic heterocycles. The van der Waals surface area contributed by atoms with Gasteiger partial charge in [-0.05, 0) is 30.3 Å². The molecule has 3 rings (SSSR count). The molecule has 27 heavy (non-hydrogen) atoms. The predicted octanol–water partition coefficient (Wildman–Crippen LogP) is 3.42. The zero-order valence-electron chi connectivity index (χ0n) is 15.5. The third kappa shape index (κ3) is 4.62. The molecule has 2 aromatic heterocycles. The van der Waals surface area contributed by atoms with E-state index < -0.39 is 0 Å². The van der Waals surface area contributed by atoms with Crippen molar-refractivity contribution < 1.29 is 14.3 Å². The molecule has 0 aliphatic carbocycles. The zero-order valence-corrected chi connectivity index (χ0v) is 16.3. The number of carbonyl (C=O) groups excluding carboxylic acids is 1. The summed E-state index contributed by atoms with van der Waals surface area (Å²) in [5.74, 6) is 1.33. The van der Waals surface area contributed by atoms with Crippen LogP contribution in [0.25, 0.3) is 10.6 Å². The topological polar surface area (TPSA) is 64.5 Å². The number of hydrogen-bond donors (Lipinski definition) is 0. The zero-order chi connectivity index (χ0) is 19.2. The van der Waals surface area contributed by atoms with Gasteiger partial charge in [0.2, 0.25) is 5.91 Å². The van der Waals surface area contributed by atoms with Crippen molar-refractivity contribution in [2.75, 3.05) is 21.3 Å². The van der Waals surface area contributed by atoms with Crippen LogP contribution in [0.1, 0.15) is 11.4 Å². The summed E-state index contributed by atoms with van der Waals surface area (Å²) in [6.07, 6.45) is 1.98. The van der Waals surface area contributed by atoms with Crippen LogP contribution >= 0.6 is 11.3 Å². The molecule has 6 nitrogen and oxygen atoms in total. The number of amides is 1. The standard InChI is InChI=1S/C20H21N3O3S/c1-23(12-15-6-4-5-9-21-15)19(24)11-16-13-27-20(22-16)14-7-8-17(25-2)18(10-14)26-3/h4-10,13H,11-12H2,1-3H3.